The summed E-state index contributed by atoms with van der Waals surface area (Å²) in [6, 6.07) is 9.92. The second kappa shape index (κ2) is 4.36. The van der Waals surface area contributed by atoms with Gasteiger partial charge in [-0.2, -0.15) is 5.10 Å². The van der Waals surface area contributed by atoms with E-state index in [4.69, 9.17) is 5.73 Å². The number of hydrogen-bond acceptors (Lipinski definition) is 2. The number of para-hydroxylation sites is 1. The second-order valence-electron chi connectivity index (χ2n) is 3.41. The Labute approximate surface area is 95.3 Å². The number of hydrogen-bond donors (Lipinski definition) is 1. The largest absolute Gasteiger partial charge is 0.384 e. The SMILES string of the molecule is Cc1cc(N)n(-c2ccccc2C)n1.Cl. The summed E-state index contributed by atoms with van der Waals surface area (Å²) in [5.41, 5.74) is 8.99. The minimum Gasteiger partial charge on any atom is -0.384 e. The van der Waals surface area contributed by atoms with Gasteiger partial charge in [0, 0.05) is 6.07 Å². The molecule has 3 nitrogen and oxygen atoms in total. The molecule has 0 aliphatic carbocycles. The summed E-state index contributed by atoms with van der Waals surface area (Å²) in [5, 5.41) is 4.33. The average Bonchev–Trinajstić information content (AvgIpc) is 2.46. The van der Waals surface area contributed by atoms with Gasteiger partial charge in [-0.15, -0.1) is 12.4 Å². The molecule has 4 heteroatoms. The molecule has 1 aromatic heterocycles. The molecule has 1 aromatic carbocycles. The van der Waals surface area contributed by atoms with E-state index in [0.717, 1.165) is 11.4 Å². The number of aromatic nitrogens is 2. The number of nitrogen functional groups attached to an aromatic ring is 1. The lowest BCUT2D eigenvalue weighted by molar-refractivity contribution is 0.865. The monoisotopic (exact) mass is 223 g/mol. The molecule has 0 aliphatic heterocycles. The molecule has 0 amide bonds. The van der Waals surface area contributed by atoms with Gasteiger partial charge in [-0.1, -0.05) is 18.2 Å². The number of rotatable bonds is 1. The van der Waals surface area contributed by atoms with E-state index in [1.165, 1.54) is 5.56 Å². The van der Waals surface area contributed by atoms with Crippen LogP contribution < -0.4 is 5.73 Å². The van der Waals surface area contributed by atoms with E-state index in [1.54, 1.807) is 4.68 Å². The van der Waals surface area contributed by atoms with Crippen LogP contribution in [0, 0.1) is 13.8 Å². The molecule has 2 N–H and O–H groups in total. The van der Waals surface area contributed by atoms with Crippen LogP contribution in [0.25, 0.3) is 5.69 Å². The first kappa shape index (κ1) is 11.6. The highest BCUT2D eigenvalue weighted by Crippen LogP contribution is 2.17. The highest BCUT2D eigenvalue weighted by Gasteiger charge is 2.05. The zero-order valence-corrected chi connectivity index (χ0v) is 9.58. The van der Waals surface area contributed by atoms with Crippen molar-refractivity contribution in [1.29, 1.82) is 0 Å². The lowest BCUT2D eigenvalue weighted by atomic mass is 10.2. The normalized spacial score (nSPS) is 9.73. The molecule has 2 aromatic rings. The van der Waals surface area contributed by atoms with Gasteiger partial charge < -0.3 is 5.73 Å². The third-order valence-corrected chi connectivity index (χ3v) is 2.20. The molecule has 0 atom stereocenters. The van der Waals surface area contributed by atoms with Crippen molar-refractivity contribution in [2.24, 2.45) is 0 Å². The number of nitrogens with two attached hydrogens (primary N) is 1. The van der Waals surface area contributed by atoms with E-state index >= 15 is 0 Å². The number of benzene rings is 1. The predicted octanol–water partition coefficient (Wildman–Crippen LogP) is 2.49. The topological polar surface area (TPSA) is 43.8 Å². The van der Waals surface area contributed by atoms with Crippen molar-refractivity contribution < 1.29 is 0 Å². The Morgan fingerprint density at radius 2 is 1.87 bits per heavy atom. The van der Waals surface area contributed by atoms with Gasteiger partial charge in [0.1, 0.15) is 5.82 Å². The van der Waals surface area contributed by atoms with Crippen molar-refractivity contribution in [3.8, 4) is 5.69 Å². The van der Waals surface area contributed by atoms with Gasteiger partial charge in [0.05, 0.1) is 11.4 Å². The highest BCUT2D eigenvalue weighted by atomic mass is 35.5. The fourth-order valence-electron chi connectivity index (χ4n) is 1.51. The lowest BCUT2D eigenvalue weighted by Gasteiger charge is -2.06. The first-order chi connectivity index (χ1) is 6.68. The molecule has 0 saturated carbocycles. The fourth-order valence-corrected chi connectivity index (χ4v) is 1.51. The summed E-state index contributed by atoms with van der Waals surface area (Å²) >= 11 is 0. The maximum Gasteiger partial charge on any atom is 0.127 e. The first-order valence-electron chi connectivity index (χ1n) is 4.56. The Kier molecular flexibility index (Phi) is 3.37. The molecular weight excluding hydrogens is 210 g/mol. The minimum absolute atomic E-state index is 0. The molecule has 80 valence electrons. The molecule has 0 fully saturated rings. The van der Waals surface area contributed by atoms with E-state index in [1.807, 2.05) is 44.2 Å². The van der Waals surface area contributed by atoms with Gasteiger partial charge in [-0.25, -0.2) is 4.68 Å². The van der Waals surface area contributed by atoms with Crippen molar-refractivity contribution >= 4 is 18.2 Å². The van der Waals surface area contributed by atoms with Gasteiger partial charge >= 0.3 is 0 Å². The zero-order valence-electron chi connectivity index (χ0n) is 8.77. The molecular formula is C11H14ClN3. The molecule has 0 spiro atoms. The van der Waals surface area contributed by atoms with Gasteiger partial charge in [0.2, 0.25) is 0 Å². The zero-order chi connectivity index (χ0) is 10.1. The van der Waals surface area contributed by atoms with Gasteiger partial charge in [0.15, 0.2) is 0 Å². The van der Waals surface area contributed by atoms with Crippen molar-refractivity contribution in [3.63, 3.8) is 0 Å². The second-order valence-corrected chi connectivity index (χ2v) is 3.41. The number of nitrogens with zero attached hydrogens (tertiary/aromatic N) is 2. The van der Waals surface area contributed by atoms with Crippen LogP contribution in [-0.2, 0) is 0 Å². The average molecular weight is 224 g/mol. The number of halogens is 1. The molecule has 0 saturated heterocycles. The molecule has 2 rings (SSSR count). The van der Waals surface area contributed by atoms with E-state index in [-0.39, 0.29) is 12.4 Å². The molecule has 0 unspecified atom stereocenters. The number of aryl methyl sites for hydroxylation is 2. The van der Waals surface area contributed by atoms with Crippen molar-refractivity contribution in [1.82, 2.24) is 9.78 Å². The van der Waals surface area contributed by atoms with Crippen LogP contribution in [-0.4, -0.2) is 9.78 Å². The predicted molar refractivity (Wildman–Crippen MR) is 64.7 cm³/mol. The summed E-state index contributed by atoms with van der Waals surface area (Å²) in [4.78, 5) is 0. The van der Waals surface area contributed by atoms with Gasteiger partial charge in [-0.3, -0.25) is 0 Å². The highest BCUT2D eigenvalue weighted by molar-refractivity contribution is 5.85. The Balaban J connectivity index is 0.00000112. The Hall–Kier alpha value is -1.48. The Morgan fingerprint density at radius 3 is 2.40 bits per heavy atom. The smallest absolute Gasteiger partial charge is 0.127 e. The number of anilines is 1. The van der Waals surface area contributed by atoms with Crippen LogP contribution >= 0.6 is 12.4 Å². The van der Waals surface area contributed by atoms with Gasteiger partial charge in [0.25, 0.3) is 0 Å². The van der Waals surface area contributed by atoms with E-state index < -0.39 is 0 Å². The van der Waals surface area contributed by atoms with E-state index in [9.17, 15) is 0 Å². The van der Waals surface area contributed by atoms with Crippen LogP contribution in [0.1, 0.15) is 11.3 Å². The van der Waals surface area contributed by atoms with Crippen molar-refractivity contribution in [2.45, 2.75) is 13.8 Å². The van der Waals surface area contributed by atoms with Crippen LogP contribution in [0.4, 0.5) is 5.82 Å². The summed E-state index contributed by atoms with van der Waals surface area (Å²) in [6.07, 6.45) is 0. The fraction of sp³-hybridized carbons (Fsp3) is 0.182. The summed E-state index contributed by atoms with van der Waals surface area (Å²) < 4.78 is 1.77. The van der Waals surface area contributed by atoms with E-state index in [2.05, 4.69) is 5.10 Å². The summed E-state index contributed by atoms with van der Waals surface area (Å²) in [6.45, 7) is 3.98. The van der Waals surface area contributed by atoms with Crippen LogP contribution in [0.5, 0.6) is 0 Å². The first-order valence-corrected chi connectivity index (χ1v) is 4.56. The quantitative estimate of drug-likeness (QED) is 0.807. The van der Waals surface area contributed by atoms with Crippen LogP contribution in [0.2, 0.25) is 0 Å². The standard InChI is InChI=1S/C11H13N3.ClH/c1-8-5-3-4-6-10(8)14-11(12)7-9(2)13-14;/h3-7H,12H2,1-2H3;1H. The molecule has 0 radical (unpaired) electrons. The molecule has 15 heavy (non-hydrogen) atoms. The summed E-state index contributed by atoms with van der Waals surface area (Å²) in [5.74, 6) is 0.678. The maximum absolute atomic E-state index is 5.84. The van der Waals surface area contributed by atoms with Gasteiger partial charge in [-0.05, 0) is 25.5 Å². The van der Waals surface area contributed by atoms with Crippen LogP contribution in [0.15, 0.2) is 30.3 Å². The maximum atomic E-state index is 5.84. The molecule has 0 bridgehead atoms. The Bertz CT molecular complexity index is 463. The third kappa shape index (κ3) is 2.13. The minimum atomic E-state index is 0. The van der Waals surface area contributed by atoms with Crippen molar-refractivity contribution in [3.05, 3.63) is 41.6 Å². The molecule has 1 heterocycles. The Morgan fingerprint density at radius 1 is 1.20 bits per heavy atom. The van der Waals surface area contributed by atoms with Crippen molar-refractivity contribution in [2.75, 3.05) is 5.73 Å². The van der Waals surface area contributed by atoms with Crippen LogP contribution in [0.3, 0.4) is 0 Å². The molecule has 0 aliphatic rings. The van der Waals surface area contributed by atoms with E-state index in [0.29, 0.717) is 5.82 Å². The lowest BCUT2D eigenvalue weighted by Crippen LogP contribution is -2.03. The summed E-state index contributed by atoms with van der Waals surface area (Å²) in [7, 11) is 0. The third-order valence-electron chi connectivity index (χ3n) is 2.20.